The Kier molecular flexibility index (Phi) is 5.07. The first-order chi connectivity index (χ1) is 10.1. The Labute approximate surface area is 125 Å². The predicted molar refractivity (Wildman–Crippen MR) is 82.3 cm³/mol. The van der Waals surface area contributed by atoms with Gasteiger partial charge >= 0.3 is 0 Å². The first kappa shape index (κ1) is 15.6. The number of carbonyl (C=O) groups is 1. The second-order valence-electron chi connectivity index (χ2n) is 5.86. The number of hydrogen-bond acceptors (Lipinski definition) is 4. The summed E-state index contributed by atoms with van der Waals surface area (Å²) in [5.74, 6) is 0.293. The van der Waals surface area contributed by atoms with Gasteiger partial charge in [-0.1, -0.05) is 19.3 Å². The van der Waals surface area contributed by atoms with E-state index in [1.807, 2.05) is 0 Å². The summed E-state index contributed by atoms with van der Waals surface area (Å²) in [4.78, 5) is 12.3. The van der Waals surface area contributed by atoms with Crippen LogP contribution in [-0.4, -0.2) is 31.3 Å². The third-order valence-electron chi connectivity index (χ3n) is 4.34. The second kappa shape index (κ2) is 6.80. The van der Waals surface area contributed by atoms with Gasteiger partial charge in [0.05, 0.1) is 19.3 Å². The lowest BCUT2D eigenvalue weighted by Gasteiger charge is -2.35. The van der Waals surface area contributed by atoms with Crippen LogP contribution in [0.25, 0.3) is 0 Å². The van der Waals surface area contributed by atoms with Crippen molar-refractivity contribution < 1.29 is 14.6 Å². The molecule has 1 fully saturated rings. The van der Waals surface area contributed by atoms with Crippen LogP contribution in [0.2, 0.25) is 0 Å². The molecule has 1 aliphatic rings. The molecule has 0 bridgehead atoms. The molecule has 1 aromatic carbocycles. The smallest absolute Gasteiger partial charge is 0.255 e. The zero-order valence-corrected chi connectivity index (χ0v) is 12.5. The summed E-state index contributed by atoms with van der Waals surface area (Å²) in [5.41, 5.74) is 6.51. The molecule has 5 nitrogen and oxygen atoms in total. The minimum absolute atomic E-state index is 0.112. The van der Waals surface area contributed by atoms with E-state index in [9.17, 15) is 9.90 Å². The largest absolute Gasteiger partial charge is 0.496 e. The lowest BCUT2D eigenvalue weighted by atomic mass is 9.74. The van der Waals surface area contributed by atoms with Gasteiger partial charge in [0.25, 0.3) is 5.91 Å². The summed E-state index contributed by atoms with van der Waals surface area (Å²) in [6.07, 6.45) is 5.34. The summed E-state index contributed by atoms with van der Waals surface area (Å²) in [7, 11) is 1.53. The van der Waals surface area contributed by atoms with Gasteiger partial charge in [0, 0.05) is 17.6 Å². The Bertz CT molecular complexity index is 496. The van der Waals surface area contributed by atoms with Gasteiger partial charge in [-0.2, -0.15) is 0 Å². The molecule has 5 heteroatoms. The molecule has 1 aliphatic carbocycles. The van der Waals surface area contributed by atoms with Crippen molar-refractivity contribution >= 4 is 11.6 Å². The molecule has 0 heterocycles. The normalized spacial score (nSPS) is 17.2. The van der Waals surface area contributed by atoms with E-state index in [1.54, 1.807) is 18.2 Å². The van der Waals surface area contributed by atoms with Crippen LogP contribution in [0.3, 0.4) is 0 Å². The van der Waals surface area contributed by atoms with Crippen LogP contribution in [-0.2, 0) is 0 Å². The fourth-order valence-electron chi connectivity index (χ4n) is 2.96. The highest BCUT2D eigenvalue weighted by atomic mass is 16.5. The molecule has 0 spiro atoms. The molecule has 2 rings (SSSR count). The predicted octanol–water partition coefficient (Wildman–Crippen LogP) is 1.95. The van der Waals surface area contributed by atoms with Crippen molar-refractivity contribution in [2.24, 2.45) is 5.41 Å². The fourth-order valence-corrected chi connectivity index (χ4v) is 2.96. The highest BCUT2D eigenvalue weighted by Crippen LogP contribution is 2.35. The number of amides is 1. The molecule has 1 amide bonds. The number of ether oxygens (including phenoxy) is 1. The number of benzene rings is 1. The topological polar surface area (TPSA) is 84.6 Å². The van der Waals surface area contributed by atoms with Crippen molar-refractivity contribution in [1.29, 1.82) is 0 Å². The Morgan fingerprint density at radius 1 is 1.38 bits per heavy atom. The van der Waals surface area contributed by atoms with Gasteiger partial charge < -0.3 is 20.9 Å². The van der Waals surface area contributed by atoms with Gasteiger partial charge in [-0.25, -0.2) is 0 Å². The van der Waals surface area contributed by atoms with Crippen molar-refractivity contribution in [3.05, 3.63) is 23.8 Å². The van der Waals surface area contributed by atoms with E-state index in [2.05, 4.69) is 5.32 Å². The molecule has 0 unspecified atom stereocenters. The number of aliphatic hydroxyl groups excluding tert-OH is 1. The maximum Gasteiger partial charge on any atom is 0.255 e. The number of anilines is 1. The summed E-state index contributed by atoms with van der Waals surface area (Å²) in [5, 5.41) is 12.6. The molecule has 0 saturated heterocycles. The van der Waals surface area contributed by atoms with Gasteiger partial charge in [0.2, 0.25) is 0 Å². The number of rotatable bonds is 5. The lowest BCUT2D eigenvalue weighted by molar-refractivity contribution is 0.0716. The highest BCUT2D eigenvalue weighted by Gasteiger charge is 2.32. The molecule has 0 atom stereocenters. The molecular weight excluding hydrogens is 268 g/mol. The van der Waals surface area contributed by atoms with E-state index in [-0.39, 0.29) is 17.9 Å². The van der Waals surface area contributed by atoms with Gasteiger partial charge in [0.15, 0.2) is 0 Å². The highest BCUT2D eigenvalue weighted by molar-refractivity contribution is 5.97. The average Bonchev–Trinajstić information content (AvgIpc) is 2.53. The third kappa shape index (κ3) is 3.67. The molecule has 4 N–H and O–H groups in total. The number of carbonyl (C=O) groups excluding carboxylic acids is 1. The number of aliphatic hydroxyl groups is 1. The van der Waals surface area contributed by atoms with E-state index in [0.717, 1.165) is 25.7 Å². The summed E-state index contributed by atoms with van der Waals surface area (Å²) < 4.78 is 5.20. The molecule has 1 aromatic rings. The average molecular weight is 292 g/mol. The minimum Gasteiger partial charge on any atom is -0.496 e. The van der Waals surface area contributed by atoms with Crippen molar-refractivity contribution in [3.63, 3.8) is 0 Å². The Hall–Kier alpha value is -1.75. The van der Waals surface area contributed by atoms with E-state index in [0.29, 0.717) is 23.5 Å². The molecule has 21 heavy (non-hydrogen) atoms. The molecule has 0 radical (unpaired) electrons. The first-order valence-corrected chi connectivity index (χ1v) is 7.43. The SMILES string of the molecule is COc1ccc(N)cc1C(=O)NCC1(CO)CCCCC1. The standard InChI is InChI=1S/C16H24N2O3/c1-21-14-6-5-12(17)9-13(14)15(20)18-10-16(11-19)7-3-2-4-8-16/h5-6,9,19H,2-4,7-8,10-11,17H2,1H3,(H,18,20). The maximum absolute atomic E-state index is 12.3. The van der Waals surface area contributed by atoms with Crippen LogP contribution in [0.4, 0.5) is 5.69 Å². The molecular formula is C16H24N2O3. The third-order valence-corrected chi connectivity index (χ3v) is 4.34. The quantitative estimate of drug-likeness (QED) is 0.724. The first-order valence-electron chi connectivity index (χ1n) is 7.43. The van der Waals surface area contributed by atoms with E-state index < -0.39 is 0 Å². The monoisotopic (exact) mass is 292 g/mol. The van der Waals surface area contributed by atoms with Crippen molar-refractivity contribution in [1.82, 2.24) is 5.32 Å². The summed E-state index contributed by atoms with van der Waals surface area (Å²) >= 11 is 0. The lowest BCUT2D eigenvalue weighted by Crippen LogP contribution is -2.41. The zero-order chi connectivity index (χ0) is 15.3. The van der Waals surface area contributed by atoms with Crippen molar-refractivity contribution in [2.75, 3.05) is 26.0 Å². The van der Waals surface area contributed by atoms with Gasteiger partial charge in [-0.3, -0.25) is 4.79 Å². The van der Waals surface area contributed by atoms with Gasteiger partial charge in [-0.15, -0.1) is 0 Å². The van der Waals surface area contributed by atoms with Crippen LogP contribution in [0.15, 0.2) is 18.2 Å². The summed E-state index contributed by atoms with van der Waals surface area (Å²) in [6.45, 7) is 0.599. The maximum atomic E-state index is 12.3. The van der Waals surface area contributed by atoms with E-state index in [4.69, 9.17) is 10.5 Å². The summed E-state index contributed by atoms with van der Waals surface area (Å²) in [6, 6.07) is 5.00. The van der Waals surface area contributed by atoms with Crippen LogP contribution >= 0.6 is 0 Å². The number of hydrogen-bond donors (Lipinski definition) is 3. The van der Waals surface area contributed by atoms with Crippen molar-refractivity contribution in [2.45, 2.75) is 32.1 Å². The number of nitrogens with two attached hydrogens (primary N) is 1. The van der Waals surface area contributed by atoms with Crippen molar-refractivity contribution in [3.8, 4) is 5.75 Å². The number of nitrogen functional groups attached to an aromatic ring is 1. The van der Waals surface area contributed by atoms with Gasteiger partial charge in [0.1, 0.15) is 5.75 Å². The Morgan fingerprint density at radius 3 is 2.71 bits per heavy atom. The van der Waals surface area contributed by atoms with E-state index >= 15 is 0 Å². The molecule has 0 aliphatic heterocycles. The molecule has 0 aromatic heterocycles. The molecule has 1 saturated carbocycles. The Morgan fingerprint density at radius 2 is 2.10 bits per heavy atom. The van der Waals surface area contributed by atoms with E-state index in [1.165, 1.54) is 13.5 Å². The number of nitrogens with one attached hydrogen (secondary N) is 1. The van der Waals surface area contributed by atoms with Crippen LogP contribution in [0.5, 0.6) is 5.75 Å². The van der Waals surface area contributed by atoms with Crippen LogP contribution < -0.4 is 15.8 Å². The van der Waals surface area contributed by atoms with Crippen LogP contribution in [0.1, 0.15) is 42.5 Å². The van der Waals surface area contributed by atoms with Gasteiger partial charge in [-0.05, 0) is 31.0 Å². The zero-order valence-electron chi connectivity index (χ0n) is 12.5. The fraction of sp³-hybridized carbons (Fsp3) is 0.562. The Balaban J connectivity index is 2.06. The molecule has 116 valence electrons. The minimum atomic E-state index is -0.211. The van der Waals surface area contributed by atoms with Crippen LogP contribution in [0, 0.1) is 5.41 Å². The second-order valence-corrected chi connectivity index (χ2v) is 5.86. The number of methoxy groups -OCH3 is 1.